The number of hydrogen-bond acceptors (Lipinski definition) is 12. The molecule has 0 aliphatic heterocycles. The van der Waals surface area contributed by atoms with E-state index in [9.17, 15) is 0 Å². The predicted molar refractivity (Wildman–Crippen MR) is 517 cm³/mol. The van der Waals surface area contributed by atoms with E-state index in [1.807, 2.05) is 14.7 Å². The van der Waals surface area contributed by atoms with Gasteiger partial charge in [0.05, 0.1) is 58.9 Å². The van der Waals surface area contributed by atoms with Crippen molar-refractivity contribution in [1.82, 2.24) is 0 Å². The topological polar surface area (TPSA) is 254 Å². The second-order valence-corrected chi connectivity index (χ2v) is 44.9. The average Bonchev–Trinajstić information content (AvgIpc) is 1.00. The zero-order valence-corrected chi connectivity index (χ0v) is 92.6. The Bertz CT molecular complexity index is 1800. The summed E-state index contributed by atoms with van der Waals surface area (Å²) in [6.45, 7) is 33.9. The van der Waals surface area contributed by atoms with E-state index in [1.165, 1.54) is 637 Å². The van der Waals surface area contributed by atoms with Crippen LogP contribution in [0.5, 0.6) is 0 Å². The molecule has 0 saturated carbocycles. The van der Waals surface area contributed by atoms with Crippen LogP contribution in [0.2, 0.25) is 0 Å². The fraction of sp³-hybridized carbons (Fsp3) is 1.00. The quantitative estimate of drug-likeness (QED) is 0.0380. The van der Waals surface area contributed by atoms with Crippen molar-refractivity contribution in [1.29, 1.82) is 0 Å². The first-order chi connectivity index (χ1) is 61.0. The number of unbranched alkanes of at least 4 members (excludes halogenated alkanes) is 81. The molecule has 0 rings (SSSR count). The van der Waals surface area contributed by atoms with Crippen molar-refractivity contribution in [2.24, 2.45) is 0 Å². The molecule has 0 amide bonds. The third kappa shape index (κ3) is 161. The van der Waals surface area contributed by atoms with Gasteiger partial charge in [-0.05, 0) is 116 Å². The molecule has 0 aromatic heterocycles. The van der Waals surface area contributed by atoms with Gasteiger partial charge in [0.1, 0.15) is 0 Å². The van der Waals surface area contributed by atoms with E-state index < -0.39 is 50.2 Å². The minimum absolute atomic E-state index is 1.37. The first-order valence-corrected chi connectivity index (χ1v) is 66.4. The van der Waals surface area contributed by atoms with E-state index in [0.717, 1.165) is 0 Å². The van der Waals surface area contributed by atoms with Gasteiger partial charge < -0.3 is 14.7 Å². The predicted octanol–water partition coefficient (Wildman–Crippen LogP) is 27.0. The molecule has 0 spiro atoms. The monoisotopic (exact) mass is 2050 g/mol. The second kappa shape index (κ2) is 122. The van der Waals surface area contributed by atoms with Gasteiger partial charge in [-0.25, -0.2) is 0 Å². The Kier molecular flexibility index (Phi) is 132. The maximum absolute atomic E-state index is 8.63. The molecule has 0 atom stereocenters. The third-order valence-corrected chi connectivity index (χ3v) is 26.0. The number of quaternary nitrogens is 3. The summed E-state index contributed by atoms with van der Waals surface area (Å²) in [5.41, 5.74) is 0. The van der Waals surface area contributed by atoms with Crippen molar-refractivity contribution >= 4 is 0 Å². The summed E-state index contributed by atoms with van der Waals surface area (Å²) >= 11 is -18.1. The van der Waals surface area contributed by atoms with E-state index in [-0.39, 0.29) is 0 Å². The van der Waals surface area contributed by atoms with E-state index in [4.69, 9.17) is 42.9 Å². The number of rotatable bonds is 99. The maximum atomic E-state index is 8.63. The molecule has 0 saturated heterocycles. The molecule has 0 unspecified atom stereocenters. The van der Waals surface area contributed by atoms with Crippen molar-refractivity contribution in [2.45, 2.75) is 640 Å². The Morgan fingerprint density at radius 2 is 0.159 bits per heavy atom. The molecule has 0 aliphatic carbocycles. The van der Waals surface area contributed by atoms with Crippen molar-refractivity contribution in [3.05, 3.63) is 0 Å². The summed E-state index contributed by atoms with van der Waals surface area (Å²) in [5.74, 6) is 0. The van der Waals surface area contributed by atoms with Crippen LogP contribution in [-0.2, 0) is 70.6 Å². The van der Waals surface area contributed by atoms with Gasteiger partial charge >= 0.3 is 93.2 Å². The molecule has 0 fully saturated rings. The van der Waals surface area contributed by atoms with E-state index >= 15 is 0 Å². The van der Waals surface area contributed by atoms with Crippen molar-refractivity contribution < 1.29 is 108 Å². The van der Waals surface area contributed by atoms with Crippen LogP contribution in [-0.4, -0.2) is 58.9 Å². The van der Waals surface area contributed by atoms with E-state index in [1.54, 1.807) is 0 Å². The Balaban J connectivity index is -0.000000394. The molecule has 0 aromatic carbocycles. The summed E-state index contributed by atoms with van der Waals surface area (Å²) < 4.78 is 104. The fourth-order valence-corrected chi connectivity index (χ4v) is 17.9. The molecule has 126 heavy (non-hydrogen) atoms. The van der Waals surface area contributed by atoms with Gasteiger partial charge in [-0.3, -0.25) is 0 Å². The van der Waals surface area contributed by atoms with E-state index in [2.05, 4.69) is 62.3 Å². The van der Waals surface area contributed by atoms with Gasteiger partial charge in [0.2, 0.25) is 0 Å². The fourth-order valence-electron chi connectivity index (χ4n) is 17.9. The Morgan fingerprint density at radius 3 is 0.214 bits per heavy atom. The van der Waals surface area contributed by atoms with E-state index in [0.29, 0.717) is 0 Å². The molecule has 0 radical (unpaired) electrons. The van der Waals surface area contributed by atoms with Gasteiger partial charge in [0, 0.05) is 0 Å². The third-order valence-electron chi connectivity index (χ3n) is 26.0. The number of nitrogens with one attached hydrogen (secondary N) is 3. The van der Waals surface area contributed by atoms with Gasteiger partial charge in [0.25, 0.3) is 0 Å². The van der Waals surface area contributed by atoms with Crippen molar-refractivity contribution in [3.8, 4) is 0 Å². The van der Waals surface area contributed by atoms with Gasteiger partial charge in [-0.2, -0.15) is 0 Å². The van der Waals surface area contributed by atoms with Crippen LogP contribution >= 0.6 is 0 Å². The molecule has 0 aromatic rings. The summed E-state index contributed by atoms with van der Waals surface area (Å²) in [4.78, 5) is 5.83. The molecule has 3 N–H and O–H groups in total. The summed E-state index contributed by atoms with van der Waals surface area (Å²) in [6.07, 6.45) is 132. The van der Waals surface area contributed by atoms with Crippen molar-refractivity contribution in [2.75, 3.05) is 58.9 Å². The number of hydrogen-bond donors (Lipinski definition) is 3. The molecule has 15 nitrogen and oxygen atoms in total. The zero-order valence-electron chi connectivity index (χ0n) is 86.6. The SMILES string of the molecule is CCCCCCCCCCCC[NH+](CCCCCCCCCCCC)CCCCCCCCCCCC.CCCCCCCCCCCC[NH+](CCCCCCCCCCCC)CCCCCCCCCCCC.CCCCCCCCCCCC[NH+](CCCCCCCCCCCC)CCCCCCCCCCCC.[O]=[Mo](=[O])([O-])[O-].[O]=[Mo](=[O])([O-])[O-].[O]=[Mo](=[O])([O-])[O-]. The van der Waals surface area contributed by atoms with Crippen LogP contribution in [0.4, 0.5) is 0 Å². The molecule has 0 bridgehead atoms. The summed E-state index contributed by atoms with van der Waals surface area (Å²) in [5, 5.41) is 0. The van der Waals surface area contributed by atoms with Gasteiger partial charge in [-0.15, -0.1) is 0 Å². The average molecular weight is 2050 g/mol. The van der Waals surface area contributed by atoms with Gasteiger partial charge in [-0.1, -0.05) is 525 Å². The van der Waals surface area contributed by atoms with Crippen LogP contribution in [0.1, 0.15) is 640 Å². The van der Waals surface area contributed by atoms with Gasteiger partial charge in [0.15, 0.2) is 0 Å². The Hall–Kier alpha value is 0.505. The van der Waals surface area contributed by atoms with Crippen LogP contribution in [0.25, 0.3) is 0 Å². The molecule has 0 heterocycles. The molecule has 18 heteroatoms. The standard InChI is InChI=1S/3C36H75N.3Mo.12O/c3*1-4-7-10-13-16-19-22-25-28-31-34-37(35-32-29-26-23-20-17-14-11-8-5-2)36-33-30-27-24-21-18-15-12-9-6-3;;;;;;;;;;;;;;;/h3*4-36H2,1-3H3;;;;;;;;;;;;;;;/q;;;;;;;;;;;;6*-1/p+3. The van der Waals surface area contributed by atoms with Crippen LogP contribution in [0.3, 0.4) is 0 Å². The van der Waals surface area contributed by atoms with Crippen LogP contribution in [0.15, 0.2) is 0 Å². The first kappa shape index (κ1) is 137. The second-order valence-electron chi connectivity index (χ2n) is 38.9. The molecular weight excluding hydrogens is 1820 g/mol. The molecule has 0 aliphatic rings. The Labute approximate surface area is 800 Å². The summed E-state index contributed by atoms with van der Waals surface area (Å²) in [6, 6.07) is 0. The molecular formula is C108H228Mo3N3O12-3. The normalized spacial score (nSPS) is 11.7. The van der Waals surface area contributed by atoms with Crippen LogP contribution < -0.4 is 37.3 Å². The first-order valence-electron chi connectivity index (χ1n) is 56.5. The summed E-state index contributed by atoms with van der Waals surface area (Å²) in [7, 11) is 0. The van der Waals surface area contributed by atoms with Crippen molar-refractivity contribution in [3.63, 3.8) is 0 Å². The molecule has 768 valence electrons. The van der Waals surface area contributed by atoms with Crippen LogP contribution in [0, 0.1) is 0 Å². The minimum atomic E-state index is -6.02. The Morgan fingerprint density at radius 1 is 0.111 bits per heavy atom. The zero-order chi connectivity index (χ0) is 94.2.